The first-order valence-corrected chi connectivity index (χ1v) is 5.53. The third kappa shape index (κ3) is 6.77. The summed E-state index contributed by atoms with van der Waals surface area (Å²) in [6.45, 7) is 3.41. The van der Waals surface area contributed by atoms with Crippen molar-refractivity contribution >= 4 is 28.6 Å². The van der Waals surface area contributed by atoms with Crippen molar-refractivity contribution in [3.8, 4) is 0 Å². The largest absolute Gasteiger partial charge is 0.380 e. The van der Waals surface area contributed by atoms with Crippen LogP contribution in [0.4, 0.5) is 0 Å². The minimum atomic E-state index is -3.28. The van der Waals surface area contributed by atoms with Gasteiger partial charge in [0, 0.05) is 0 Å². The van der Waals surface area contributed by atoms with Gasteiger partial charge in [0.25, 0.3) is 0 Å². The topological polar surface area (TPSA) is 26.3 Å². The fourth-order valence-electron chi connectivity index (χ4n) is 0.245. The van der Waals surface area contributed by atoms with Crippen molar-refractivity contribution in [3.05, 3.63) is 0 Å². The molecule has 2 nitrogen and oxygen atoms in total. The van der Waals surface area contributed by atoms with Crippen molar-refractivity contribution < 1.29 is 9.09 Å². The summed E-state index contributed by atoms with van der Waals surface area (Å²) in [5, 5.41) is 0. The van der Waals surface area contributed by atoms with Gasteiger partial charge >= 0.3 is 6.07 Å². The lowest BCUT2D eigenvalue weighted by Gasteiger charge is -2.05. The molecule has 0 rings (SSSR count). The first kappa shape index (κ1) is 8.77. The monoisotopic (exact) mass is 176 g/mol. The van der Waals surface area contributed by atoms with Crippen molar-refractivity contribution in [3.63, 3.8) is 0 Å². The predicted molar refractivity (Wildman–Crippen MR) is 35.5 cm³/mol. The molecule has 0 amide bonds. The number of hydrogen-bond acceptors (Lipinski definition) is 2. The van der Waals surface area contributed by atoms with Gasteiger partial charge < -0.3 is 4.52 Å². The lowest BCUT2D eigenvalue weighted by molar-refractivity contribution is 0.259. The Kier molecular flexibility index (Phi) is 3.37. The summed E-state index contributed by atoms with van der Waals surface area (Å²) in [6.07, 6.45) is -3.46. The van der Waals surface area contributed by atoms with Gasteiger partial charge in [-0.15, -0.1) is 0 Å². The van der Waals surface area contributed by atoms with Crippen molar-refractivity contribution in [2.45, 2.75) is 20.0 Å². The zero-order valence-corrected chi connectivity index (χ0v) is 7.00. The quantitative estimate of drug-likeness (QED) is 0.606. The maximum absolute atomic E-state index is 10.3. The molecule has 0 saturated heterocycles. The van der Waals surface area contributed by atoms with E-state index in [-0.39, 0.29) is 6.10 Å². The fourth-order valence-corrected chi connectivity index (χ4v) is 1.69. The van der Waals surface area contributed by atoms with Crippen molar-refractivity contribution in [2.75, 3.05) is 0 Å². The molecule has 0 aromatic heterocycles. The molecule has 0 fully saturated rings. The van der Waals surface area contributed by atoms with E-state index < -0.39 is 6.07 Å². The summed E-state index contributed by atoms with van der Waals surface area (Å²) in [7, 11) is 0. The average Bonchev–Trinajstić information content (AvgIpc) is 1.21. The second kappa shape index (κ2) is 3.07. The van der Waals surface area contributed by atoms with Gasteiger partial charge in [-0.05, 0) is 36.3 Å². The Morgan fingerprint density at radius 3 is 1.88 bits per heavy atom. The highest BCUT2D eigenvalue weighted by Gasteiger charge is 2.15. The van der Waals surface area contributed by atoms with Gasteiger partial charge in [-0.1, -0.05) is 0 Å². The molecule has 8 heavy (non-hydrogen) atoms. The summed E-state index contributed by atoms with van der Waals surface area (Å²) in [5.74, 6) is 0. The third-order valence-electron chi connectivity index (χ3n) is 0.334. The van der Waals surface area contributed by atoms with E-state index in [0.717, 1.165) is 0 Å². The second-order valence-corrected chi connectivity index (χ2v) is 5.80. The van der Waals surface area contributed by atoms with Gasteiger partial charge in [0.2, 0.25) is 0 Å². The Morgan fingerprint density at radius 2 is 1.88 bits per heavy atom. The van der Waals surface area contributed by atoms with Crippen LogP contribution in [0, 0.1) is 0 Å². The smallest absolute Gasteiger partial charge is 0.304 e. The van der Waals surface area contributed by atoms with Crippen LogP contribution in [0.15, 0.2) is 0 Å². The lowest BCUT2D eigenvalue weighted by atomic mass is 10.5. The molecule has 0 aliphatic rings. The predicted octanol–water partition coefficient (Wildman–Crippen LogP) is 3.00. The van der Waals surface area contributed by atoms with Gasteiger partial charge in [0.15, 0.2) is 0 Å². The third-order valence-corrected chi connectivity index (χ3v) is 1.48. The van der Waals surface area contributed by atoms with Crippen LogP contribution in [0.1, 0.15) is 13.8 Å². The zero-order chi connectivity index (χ0) is 6.78. The van der Waals surface area contributed by atoms with Gasteiger partial charge in [0.05, 0.1) is 6.10 Å². The van der Waals surface area contributed by atoms with E-state index in [4.69, 9.17) is 22.5 Å². The molecular weight excluding hydrogens is 170 g/mol. The first-order chi connectivity index (χ1) is 3.42. The van der Waals surface area contributed by atoms with Crippen molar-refractivity contribution in [1.82, 2.24) is 0 Å². The average molecular weight is 177 g/mol. The molecule has 0 N–H and O–H groups in total. The Labute approximate surface area is 58.2 Å². The van der Waals surface area contributed by atoms with E-state index >= 15 is 0 Å². The maximum atomic E-state index is 10.3. The SMILES string of the molecule is CC(C)OP(=O)(Cl)Cl. The summed E-state index contributed by atoms with van der Waals surface area (Å²) in [4.78, 5) is 0. The molecule has 0 atom stereocenters. The Bertz CT molecular complexity index is 108. The Morgan fingerprint density at radius 1 is 1.50 bits per heavy atom. The van der Waals surface area contributed by atoms with Crippen LogP contribution in [0.5, 0.6) is 0 Å². The van der Waals surface area contributed by atoms with E-state index in [2.05, 4.69) is 4.52 Å². The molecule has 0 aliphatic heterocycles. The van der Waals surface area contributed by atoms with Crippen LogP contribution in [0.25, 0.3) is 0 Å². The highest BCUT2D eigenvalue weighted by Crippen LogP contribution is 2.58. The van der Waals surface area contributed by atoms with Crippen molar-refractivity contribution in [1.29, 1.82) is 0 Å². The summed E-state index contributed by atoms with van der Waals surface area (Å²) in [6, 6.07) is 0. The van der Waals surface area contributed by atoms with Gasteiger partial charge in [-0.3, -0.25) is 4.57 Å². The van der Waals surface area contributed by atoms with E-state index in [1.807, 2.05) is 0 Å². The molecule has 0 unspecified atom stereocenters. The molecule has 0 radical (unpaired) electrons. The second-order valence-electron chi connectivity index (χ2n) is 1.57. The van der Waals surface area contributed by atoms with Crippen molar-refractivity contribution in [2.24, 2.45) is 0 Å². The van der Waals surface area contributed by atoms with Crippen LogP contribution in [-0.4, -0.2) is 6.10 Å². The van der Waals surface area contributed by atoms with Gasteiger partial charge in [-0.2, -0.15) is 0 Å². The number of rotatable bonds is 2. The molecule has 50 valence electrons. The van der Waals surface area contributed by atoms with Crippen LogP contribution in [0.2, 0.25) is 0 Å². The molecule has 0 aromatic rings. The molecule has 0 saturated carbocycles. The minimum Gasteiger partial charge on any atom is -0.304 e. The Balaban J connectivity index is 3.56. The zero-order valence-electron chi connectivity index (χ0n) is 4.60. The van der Waals surface area contributed by atoms with Crippen LogP contribution < -0.4 is 0 Å². The molecule has 0 spiro atoms. The summed E-state index contributed by atoms with van der Waals surface area (Å²) < 4.78 is 14.9. The van der Waals surface area contributed by atoms with E-state index in [9.17, 15) is 4.57 Å². The molecule has 0 bridgehead atoms. The van der Waals surface area contributed by atoms with Crippen LogP contribution >= 0.6 is 28.6 Å². The first-order valence-electron chi connectivity index (χ1n) is 2.09. The molecule has 0 heterocycles. The highest BCUT2D eigenvalue weighted by molar-refractivity contribution is 8.05. The van der Waals surface area contributed by atoms with Gasteiger partial charge in [-0.25, -0.2) is 0 Å². The van der Waals surface area contributed by atoms with Crippen LogP contribution in [-0.2, 0) is 9.09 Å². The van der Waals surface area contributed by atoms with E-state index in [1.165, 1.54) is 0 Å². The number of hydrogen-bond donors (Lipinski definition) is 0. The summed E-state index contributed by atoms with van der Waals surface area (Å²) >= 11 is 10.1. The molecular formula is C3H7Cl2O2P. The Hall–Kier alpha value is 0.770. The number of halogens is 2. The van der Waals surface area contributed by atoms with E-state index in [0.29, 0.717) is 0 Å². The normalized spacial score (nSPS) is 12.6. The molecule has 0 aromatic carbocycles. The van der Waals surface area contributed by atoms with E-state index in [1.54, 1.807) is 13.8 Å². The minimum absolute atomic E-state index is 0.184. The molecule has 0 aliphatic carbocycles. The lowest BCUT2D eigenvalue weighted by Crippen LogP contribution is -1.93. The molecule has 5 heteroatoms. The summed E-state index contributed by atoms with van der Waals surface area (Å²) in [5.41, 5.74) is 0. The highest BCUT2D eigenvalue weighted by atomic mass is 35.9. The maximum Gasteiger partial charge on any atom is 0.380 e. The van der Waals surface area contributed by atoms with Gasteiger partial charge in [0.1, 0.15) is 0 Å². The van der Waals surface area contributed by atoms with Crippen LogP contribution in [0.3, 0.4) is 0 Å². The standard InChI is InChI=1S/C3H7Cl2O2P/c1-3(2)7-8(4,5)6/h3H,1-2H3. The fraction of sp³-hybridized carbons (Fsp3) is 1.00.